The Hall–Kier alpha value is -7.22. The fourth-order valence-corrected chi connectivity index (χ4v) is 9.94. The normalized spacial score (nSPS) is 12.8. The number of hydrogen-bond acceptors (Lipinski definition) is 0. The van der Waals surface area contributed by atoms with Crippen molar-refractivity contribution in [1.82, 2.24) is 4.57 Å². The first kappa shape index (κ1) is 34.1. The van der Waals surface area contributed by atoms with E-state index in [1.165, 1.54) is 99.7 Å². The summed E-state index contributed by atoms with van der Waals surface area (Å²) >= 11 is 0. The van der Waals surface area contributed by atoms with E-state index in [1.807, 2.05) is 0 Å². The lowest BCUT2D eigenvalue weighted by Crippen LogP contribution is -2.16. The van der Waals surface area contributed by atoms with E-state index in [0.717, 1.165) is 5.69 Å². The second-order valence-corrected chi connectivity index (χ2v) is 16.0. The van der Waals surface area contributed by atoms with E-state index in [-0.39, 0.29) is 5.41 Å². The lowest BCUT2D eigenvalue weighted by Gasteiger charge is -2.24. The molecular formula is C57H41N. The monoisotopic (exact) mass is 739 g/mol. The summed E-state index contributed by atoms with van der Waals surface area (Å²) < 4.78 is 2.55. The minimum atomic E-state index is -0.139. The molecule has 1 aromatic heterocycles. The molecule has 1 aliphatic carbocycles. The summed E-state index contributed by atoms with van der Waals surface area (Å²) in [6.07, 6.45) is 0. The smallest absolute Gasteiger partial charge is 0.0632 e. The molecule has 58 heavy (non-hydrogen) atoms. The Kier molecular flexibility index (Phi) is 7.91. The number of para-hydroxylation sites is 1. The number of benzene rings is 9. The van der Waals surface area contributed by atoms with E-state index >= 15 is 0 Å². The standard InChI is InChI=1S/C57H41N/c1-57(2)48-34-19-18-31-45(48)46-33-20-32-44(55(46)57)42-35-36-47-49(37-42)58(43-29-16-7-17-30-43)56-53(41-27-14-6-15-28-41)51(39-23-10-4-11-24-39)50(38-21-8-3-9-22-38)52(54(47)56)40-25-12-5-13-26-40/h3-37H,1-2H3. The maximum Gasteiger partial charge on any atom is 0.0632 e. The molecule has 1 nitrogen and oxygen atoms in total. The highest BCUT2D eigenvalue weighted by atomic mass is 15.0. The largest absolute Gasteiger partial charge is 0.309 e. The number of nitrogens with zero attached hydrogens (tertiary/aromatic N) is 1. The second kappa shape index (κ2) is 13.5. The van der Waals surface area contributed by atoms with Crippen LogP contribution in [0.5, 0.6) is 0 Å². The molecule has 1 heterocycles. The average Bonchev–Trinajstić information content (AvgIpc) is 3.75. The lowest BCUT2D eigenvalue weighted by atomic mass is 9.78. The van der Waals surface area contributed by atoms with Gasteiger partial charge in [0.05, 0.1) is 11.0 Å². The molecule has 274 valence electrons. The molecular weight excluding hydrogens is 699 g/mol. The summed E-state index contributed by atoms with van der Waals surface area (Å²) in [6.45, 7) is 4.77. The number of aromatic nitrogens is 1. The van der Waals surface area contributed by atoms with Gasteiger partial charge in [-0.25, -0.2) is 0 Å². The van der Waals surface area contributed by atoms with Gasteiger partial charge in [-0.2, -0.15) is 0 Å². The first-order valence-electron chi connectivity index (χ1n) is 20.3. The molecule has 0 fully saturated rings. The molecule has 0 bridgehead atoms. The van der Waals surface area contributed by atoms with Crippen molar-refractivity contribution in [3.63, 3.8) is 0 Å². The van der Waals surface area contributed by atoms with Crippen LogP contribution < -0.4 is 0 Å². The number of fused-ring (bicyclic) bond motifs is 6. The molecule has 9 aromatic carbocycles. The van der Waals surface area contributed by atoms with Crippen molar-refractivity contribution >= 4 is 21.8 Å². The van der Waals surface area contributed by atoms with Crippen molar-refractivity contribution < 1.29 is 0 Å². The maximum absolute atomic E-state index is 2.55. The third-order valence-corrected chi connectivity index (χ3v) is 12.4. The highest BCUT2D eigenvalue weighted by Crippen LogP contribution is 2.55. The molecule has 1 heteroatoms. The Labute approximate surface area is 340 Å². The van der Waals surface area contributed by atoms with Gasteiger partial charge in [-0.1, -0.05) is 208 Å². The highest BCUT2D eigenvalue weighted by Gasteiger charge is 2.37. The first-order valence-corrected chi connectivity index (χ1v) is 20.3. The topological polar surface area (TPSA) is 4.93 Å². The minimum Gasteiger partial charge on any atom is -0.309 e. The average molecular weight is 740 g/mol. The van der Waals surface area contributed by atoms with E-state index in [9.17, 15) is 0 Å². The minimum absolute atomic E-state index is 0.139. The van der Waals surface area contributed by atoms with Gasteiger partial charge in [0.1, 0.15) is 0 Å². The Morgan fingerprint density at radius 3 is 1.43 bits per heavy atom. The van der Waals surface area contributed by atoms with E-state index in [2.05, 4.69) is 231 Å². The van der Waals surface area contributed by atoms with Crippen molar-refractivity contribution in [2.45, 2.75) is 19.3 Å². The zero-order valence-corrected chi connectivity index (χ0v) is 32.7. The van der Waals surface area contributed by atoms with Crippen LogP contribution in [0.25, 0.3) is 94.3 Å². The van der Waals surface area contributed by atoms with Gasteiger partial charge in [-0.05, 0) is 79.4 Å². The first-order chi connectivity index (χ1) is 28.6. The van der Waals surface area contributed by atoms with Crippen molar-refractivity contribution in [2.24, 2.45) is 0 Å². The second-order valence-electron chi connectivity index (χ2n) is 16.0. The quantitative estimate of drug-likeness (QED) is 0.160. The Morgan fingerprint density at radius 1 is 0.362 bits per heavy atom. The van der Waals surface area contributed by atoms with Crippen LogP contribution in [-0.4, -0.2) is 4.57 Å². The fourth-order valence-electron chi connectivity index (χ4n) is 9.94. The zero-order chi connectivity index (χ0) is 38.8. The van der Waals surface area contributed by atoms with Crippen LogP contribution >= 0.6 is 0 Å². The summed E-state index contributed by atoms with van der Waals surface area (Å²) in [7, 11) is 0. The molecule has 0 atom stereocenters. The molecule has 0 radical (unpaired) electrons. The summed E-state index contributed by atoms with van der Waals surface area (Å²) in [5.41, 5.74) is 21.0. The van der Waals surface area contributed by atoms with Gasteiger partial charge in [0, 0.05) is 38.6 Å². The third kappa shape index (κ3) is 5.17. The maximum atomic E-state index is 2.55. The van der Waals surface area contributed by atoms with Gasteiger partial charge < -0.3 is 4.57 Å². The fraction of sp³-hybridized carbons (Fsp3) is 0.0526. The molecule has 10 aromatic rings. The van der Waals surface area contributed by atoms with Crippen LogP contribution in [-0.2, 0) is 5.41 Å². The Balaban J connectivity index is 1.37. The van der Waals surface area contributed by atoms with Crippen LogP contribution in [0.3, 0.4) is 0 Å². The van der Waals surface area contributed by atoms with Crippen LogP contribution in [0.1, 0.15) is 25.0 Å². The molecule has 0 aliphatic heterocycles. The van der Waals surface area contributed by atoms with Crippen LogP contribution in [0.15, 0.2) is 212 Å². The van der Waals surface area contributed by atoms with Gasteiger partial charge in [-0.3, -0.25) is 0 Å². The molecule has 0 spiro atoms. The molecule has 0 saturated heterocycles. The highest BCUT2D eigenvalue weighted by molar-refractivity contribution is 6.26. The van der Waals surface area contributed by atoms with Crippen LogP contribution in [0, 0.1) is 0 Å². The zero-order valence-electron chi connectivity index (χ0n) is 32.7. The van der Waals surface area contributed by atoms with Crippen molar-refractivity contribution in [3.05, 3.63) is 223 Å². The van der Waals surface area contributed by atoms with Crippen LogP contribution in [0.2, 0.25) is 0 Å². The SMILES string of the molecule is CC1(C)c2ccccc2-c2cccc(-c3ccc4c5c(-c6ccccc6)c(-c6ccccc6)c(-c6ccccc6)c(-c6ccccc6)c5n(-c5ccccc5)c4c3)c21. The van der Waals surface area contributed by atoms with Crippen LogP contribution in [0.4, 0.5) is 0 Å². The van der Waals surface area contributed by atoms with Crippen molar-refractivity contribution in [2.75, 3.05) is 0 Å². The summed E-state index contributed by atoms with van der Waals surface area (Å²) in [6, 6.07) is 78.1. The van der Waals surface area contributed by atoms with E-state index < -0.39 is 0 Å². The number of rotatable bonds is 6. The molecule has 0 amide bonds. The van der Waals surface area contributed by atoms with E-state index in [1.54, 1.807) is 0 Å². The van der Waals surface area contributed by atoms with Crippen molar-refractivity contribution in [1.29, 1.82) is 0 Å². The predicted molar refractivity (Wildman–Crippen MR) is 246 cm³/mol. The van der Waals surface area contributed by atoms with Gasteiger partial charge in [0.25, 0.3) is 0 Å². The van der Waals surface area contributed by atoms with Crippen molar-refractivity contribution in [3.8, 4) is 72.4 Å². The van der Waals surface area contributed by atoms with Gasteiger partial charge in [-0.15, -0.1) is 0 Å². The third-order valence-electron chi connectivity index (χ3n) is 12.4. The van der Waals surface area contributed by atoms with Gasteiger partial charge in [0.2, 0.25) is 0 Å². The van der Waals surface area contributed by atoms with Gasteiger partial charge >= 0.3 is 0 Å². The molecule has 0 saturated carbocycles. The van der Waals surface area contributed by atoms with E-state index in [0.29, 0.717) is 0 Å². The molecule has 11 rings (SSSR count). The molecule has 1 aliphatic rings. The lowest BCUT2D eigenvalue weighted by molar-refractivity contribution is 0.662. The Bertz CT molecular complexity index is 3140. The Morgan fingerprint density at radius 2 is 0.828 bits per heavy atom. The predicted octanol–water partition coefficient (Wildman–Crippen LogP) is 15.4. The molecule has 0 unspecified atom stereocenters. The van der Waals surface area contributed by atoms with Gasteiger partial charge in [0.15, 0.2) is 0 Å². The summed E-state index contributed by atoms with van der Waals surface area (Å²) in [5, 5.41) is 2.48. The van der Waals surface area contributed by atoms with E-state index in [4.69, 9.17) is 0 Å². The summed E-state index contributed by atoms with van der Waals surface area (Å²) in [5.74, 6) is 0. The number of hydrogen-bond donors (Lipinski definition) is 0. The molecule has 0 N–H and O–H groups in total. The summed E-state index contributed by atoms with van der Waals surface area (Å²) in [4.78, 5) is 0.